The Hall–Kier alpha value is -1.00. The molecule has 1 N–H and O–H groups in total. The Morgan fingerprint density at radius 1 is 1.55 bits per heavy atom. The summed E-state index contributed by atoms with van der Waals surface area (Å²) in [6.45, 7) is 7.93. The molecule has 5 heteroatoms. The third-order valence-electron chi connectivity index (χ3n) is 1.36. The van der Waals surface area contributed by atoms with E-state index in [4.69, 9.17) is 5.21 Å². The van der Waals surface area contributed by atoms with Crippen LogP contribution in [0.3, 0.4) is 0 Å². The van der Waals surface area contributed by atoms with Gasteiger partial charge in [0.25, 0.3) is 0 Å². The molecule has 0 bridgehead atoms. The molecule has 0 aromatic rings. The first kappa shape index (κ1) is 10.0. The summed E-state index contributed by atoms with van der Waals surface area (Å²) in [4.78, 5) is 0.194. The third kappa shape index (κ3) is 2.61. The lowest BCUT2D eigenvalue weighted by Crippen LogP contribution is -2.45. The molecule has 0 radical (unpaired) electrons. The molecule has 0 fully saturated rings. The van der Waals surface area contributed by atoms with E-state index < -0.39 is 0 Å². The Kier molecular flexibility index (Phi) is 3.10. The molecule has 0 aromatic carbocycles. The minimum Gasteiger partial charge on any atom is -0.569 e. The van der Waals surface area contributed by atoms with E-state index in [0.717, 1.165) is 0 Å². The fourth-order valence-corrected chi connectivity index (χ4v) is 0.900. The highest BCUT2D eigenvalue weighted by molar-refractivity contribution is 4.67. The van der Waals surface area contributed by atoms with Gasteiger partial charge in [-0.25, -0.2) is 0 Å². The molecule has 0 aliphatic carbocycles. The van der Waals surface area contributed by atoms with Gasteiger partial charge in [0.1, 0.15) is 0 Å². The van der Waals surface area contributed by atoms with E-state index in [0.29, 0.717) is 6.54 Å². The Labute approximate surface area is 66.4 Å². The average molecular weight is 161 g/mol. The molecule has 0 aliphatic rings. The highest BCUT2D eigenvalue weighted by Crippen LogP contribution is 2.12. The van der Waals surface area contributed by atoms with Crippen molar-refractivity contribution in [1.29, 1.82) is 0 Å². The molecule has 0 spiro atoms. The molecular weight excluding hydrogens is 146 g/mol. The summed E-state index contributed by atoms with van der Waals surface area (Å²) >= 11 is 0. The molecule has 66 valence electrons. The molecule has 0 aromatic heterocycles. The van der Waals surface area contributed by atoms with Gasteiger partial charge in [-0.15, -0.1) is 5.01 Å². The molecule has 0 unspecified atom stereocenters. The van der Waals surface area contributed by atoms with Crippen LogP contribution in [0.1, 0.15) is 27.7 Å². The second-order valence-electron chi connectivity index (χ2n) is 3.23. The molecule has 0 atom stereocenters. The molecular formula is C6H15N3O2. The largest absolute Gasteiger partial charge is 0.569 e. The summed E-state index contributed by atoms with van der Waals surface area (Å²) < 4.78 is 0. The molecule has 0 saturated carbocycles. The van der Waals surface area contributed by atoms with E-state index in [2.05, 4.69) is 5.28 Å². The minimum atomic E-state index is -0.317. The van der Waals surface area contributed by atoms with Crippen molar-refractivity contribution in [2.45, 2.75) is 33.2 Å². The van der Waals surface area contributed by atoms with Gasteiger partial charge in [0.05, 0.1) is 17.1 Å². The molecule has 0 aliphatic heterocycles. The van der Waals surface area contributed by atoms with Crippen molar-refractivity contribution in [3.05, 3.63) is 5.21 Å². The van der Waals surface area contributed by atoms with Crippen LogP contribution < -0.4 is 0 Å². The van der Waals surface area contributed by atoms with E-state index in [1.807, 2.05) is 27.7 Å². The van der Waals surface area contributed by atoms with Gasteiger partial charge in [-0.05, 0) is 27.7 Å². The van der Waals surface area contributed by atoms with Crippen LogP contribution in [-0.4, -0.2) is 27.3 Å². The van der Waals surface area contributed by atoms with Gasteiger partial charge < -0.3 is 10.4 Å². The second kappa shape index (κ2) is 3.41. The van der Waals surface area contributed by atoms with Crippen molar-refractivity contribution < 1.29 is 10.2 Å². The lowest BCUT2D eigenvalue weighted by molar-refractivity contribution is -0.723. The maximum Gasteiger partial charge on any atom is 0.230 e. The Bertz CT molecular complexity index is 150. The van der Waals surface area contributed by atoms with Crippen molar-refractivity contribution in [3.8, 4) is 0 Å². The van der Waals surface area contributed by atoms with Crippen LogP contribution in [0.2, 0.25) is 0 Å². The zero-order valence-corrected chi connectivity index (χ0v) is 7.40. The van der Waals surface area contributed by atoms with Crippen LogP contribution in [-0.2, 0) is 0 Å². The summed E-state index contributed by atoms with van der Waals surface area (Å²) in [5.74, 6) is 0. The second-order valence-corrected chi connectivity index (χ2v) is 3.23. The maximum atomic E-state index is 10.8. The van der Waals surface area contributed by atoms with E-state index in [1.165, 1.54) is 5.01 Å². The van der Waals surface area contributed by atoms with Gasteiger partial charge in [-0.1, -0.05) is 0 Å². The predicted molar refractivity (Wildman–Crippen MR) is 40.0 cm³/mol. The van der Waals surface area contributed by atoms with Crippen molar-refractivity contribution in [2.24, 2.45) is 5.28 Å². The summed E-state index contributed by atoms with van der Waals surface area (Å²) in [5.41, 5.74) is -0.317. The number of hydrogen-bond donors (Lipinski definition) is 1. The SMILES string of the molecule is CCN([N+]([O-])=NO)C(C)(C)C. The highest BCUT2D eigenvalue weighted by Gasteiger charge is 2.26. The monoisotopic (exact) mass is 161 g/mol. The number of nitrogens with zero attached hydrogens (tertiary/aromatic N) is 3. The van der Waals surface area contributed by atoms with E-state index in [-0.39, 0.29) is 10.5 Å². The van der Waals surface area contributed by atoms with E-state index >= 15 is 0 Å². The molecule has 11 heavy (non-hydrogen) atoms. The zero-order chi connectivity index (χ0) is 9.07. The maximum absolute atomic E-state index is 10.8. The summed E-state index contributed by atoms with van der Waals surface area (Å²) in [7, 11) is 0. The van der Waals surface area contributed by atoms with Crippen molar-refractivity contribution in [1.82, 2.24) is 5.01 Å². The first-order valence-corrected chi connectivity index (χ1v) is 3.53. The fourth-order valence-electron chi connectivity index (χ4n) is 0.900. The van der Waals surface area contributed by atoms with Gasteiger partial charge in [0, 0.05) is 0 Å². The van der Waals surface area contributed by atoms with Crippen molar-refractivity contribution >= 4 is 0 Å². The average Bonchev–Trinajstić information content (AvgIpc) is 1.86. The number of hydrogen-bond acceptors (Lipinski definition) is 2. The zero-order valence-electron chi connectivity index (χ0n) is 7.40. The van der Waals surface area contributed by atoms with Crippen LogP contribution in [0.15, 0.2) is 5.28 Å². The summed E-state index contributed by atoms with van der Waals surface area (Å²) in [6.07, 6.45) is 0. The highest BCUT2D eigenvalue weighted by atomic mass is 16.6. The van der Waals surface area contributed by atoms with Crippen LogP contribution in [0, 0.1) is 5.21 Å². The van der Waals surface area contributed by atoms with Gasteiger partial charge >= 0.3 is 0 Å². The van der Waals surface area contributed by atoms with Gasteiger partial charge in [0.2, 0.25) is 5.28 Å². The Morgan fingerprint density at radius 3 is 2.09 bits per heavy atom. The van der Waals surface area contributed by atoms with Crippen LogP contribution in [0.25, 0.3) is 0 Å². The van der Waals surface area contributed by atoms with E-state index in [9.17, 15) is 5.21 Å². The summed E-state index contributed by atoms with van der Waals surface area (Å²) in [5, 5.41) is 22.9. The Balaban J connectivity index is 4.42. The van der Waals surface area contributed by atoms with Crippen molar-refractivity contribution in [2.75, 3.05) is 6.54 Å². The number of hydrazine groups is 1. The van der Waals surface area contributed by atoms with Gasteiger partial charge in [0.15, 0.2) is 0 Å². The number of rotatable bonds is 2. The standard InChI is InChI=1S/C6H15N3O2/c1-5-8(6(2,3)4)9(11)7-10/h10H,5H2,1-4H3. The quantitative estimate of drug-likeness (QED) is 0.378. The molecule has 5 nitrogen and oxygen atoms in total. The topological polar surface area (TPSA) is 61.9 Å². The van der Waals surface area contributed by atoms with Crippen LogP contribution >= 0.6 is 0 Å². The third-order valence-corrected chi connectivity index (χ3v) is 1.36. The van der Waals surface area contributed by atoms with Crippen molar-refractivity contribution in [3.63, 3.8) is 0 Å². The predicted octanol–water partition coefficient (Wildman–Crippen LogP) is 1.37. The lowest BCUT2D eigenvalue weighted by atomic mass is 10.1. The van der Waals surface area contributed by atoms with E-state index in [1.54, 1.807) is 0 Å². The summed E-state index contributed by atoms with van der Waals surface area (Å²) in [6, 6.07) is 0. The van der Waals surface area contributed by atoms with Gasteiger partial charge in [-0.3, -0.25) is 0 Å². The van der Waals surface area contributed by atoms with Gasteiger partial charge in [-0.2, -0.15) is 0 Å². The van der Waals surface area contributed by atoms with Crippen LogP contribution in [0.5, 0.6) is 0 Å². The normalized spacial score (nSPS) is 13.3. The fraction of sp³-hybridized carbons (Fsp3) is 1.00. The minimum absolute atomic E-state index is 0.194. The molecule has 0 saturated heterocycles. The van der Waals surface area contributed by atoms with Crippen LogP contribution in [0.4, 0.5) is 0 Å². The molecule has 0 rings (SSSR count). The molecule has 0 amide bonds. The smallest absolute Gasteiger partial charge is 0.230 e. The molecule has 0 heterocycles. The first-order chi connectivity index (χ1) is 4.93. The lowest BCUT2D eigenvalue weighted by Gasteiger charge is -2.28. The first-order valence-electron chi connectivity index (χ1n) is 3.53. The Morgan fingerprint density at radius 2 is 2.00 bits per heavy atom.